The van der Waals surface area contributed by atoms with Crippen molar-refractivity contribution in [2.24, 2.45) is 5.73 Å². The predicted octanol–water partition coefficient (Wildman–Crippen LogP) is 2.73. The number of ether oxygens (including phenoxy) is 1. The van der Waals surface area contributed by atoms with Crippen molar-refractivity contribution < 1.29 is 4.74 Å². The highest BCUT2D eigenvalue weighted by Crippen LogP contribution is 2.36. The topological polar surface area (TPSA) is 51.4 Å². The van der Waals surface area contributed by atoms with E-state index in [9.17, 15) is 0 Å². The molecule has 1 aliphatic carbocycles. The molecule has 0 radical (unpaired) electrons. The third-order valence-electron chi connectivity index (χ3n) is 3.89. The molecule has 0 aromatic carbocycles. The summed E-state index contributed by atoms with van der Waals surface area (Å²) in [7, 11) is 1.75. The molecule has 2 atom stereocenters. The van der Waals surface area contributed by atoms with Crippen molar-refractivity contribution in [1.82, 2.24) is 4.98 Å². The number of aryl methyl sites for hydroxylation is 1. The lowest BCUT2D eigenvalue weighted by atomic mass is 9.99. The standard InChI is InChI=1S/C14H25N3OS/c1-4-10(2)17(8-9-18-3)14-16-13-11(15)6-5-7-12(13)19-14/h10-11H,4-9,15H2,1-3H3. The molecule has 108 valence electrons. The minimum Gasteiger partial charge on any atom is -0.383 e. The summed E-state index contributed by atoms with van der Waals surface area (Å²) in [5.74, 6) is 0. The first-order valence-corrected chi connectivity index (χ1v) is 7.99. The van der Waals surface area contributed by atoms with Crippen LogP contribution in [-0.4, -0.2) is 31.3 Å². The minimum absolute atomic E-state index is 0.134. The van der Waals surface area contributed by atoms with Crippen LogP contribution in [0.5, 0.6) is 0 Å². The summed E-state index contributed by atoms with van der Waals surface area (Å²) in [6.07, 6.45) is 4.51. The molecule has 2 rings (SSSR count). The summed E-state index contributed by atoms with van der Waals surface area (Å²) in [5, 5.41) is 1.12. The highest BCUT2D eigenvalue weighted by molar-refractivity contribution is 7.15. The molecule has 1 aromatic heterocycles. The summed E-state index contributed by atoms with van der Waals surface area (Å²) in [5.41, 5.74) is 7.31. The molecule has 0 saturated carbocycles. The second kappa shape index (κ2) is 6.68. The van der Waals surface area contributed by atoms with Crippen LogP contribution in [0.4, 0.5) is 5.13 Å². The number of aromatic nitrogens is 1. The zero-order chi connectivity index (χ0) is 13.8. The van der Waals surface area contributed by atoms with Gasteiger partial charge in [0.2, 0.25) is 0 Å². The van der Waals surface area contributed by atoms with Crippen LogP contribution < -0.4 is 10.6 Å². The Morgan fingerprint density at radius 2 is 2.37 bits per heavy atom. The second-order valence-electron chi connectivity index (χ2n) is 5.25. The fourth-order valence-electron chi connectivity index (χ4n) is 2.48. The van der Waals surface area contributed by atoms with Crippen LogP contribution in [-0.2, 0) is 11.2 Å². The summed E-state index contributed by atoms with van der Waals surface area (Å²) < 4.78 is 5.22. The molecule has 0 saturated heterocycles. The summed E-state index contributed by atoms with van der Waals surface area (Å²) in [4.78, 5) is 8.57. The molecule has 2 N–H and O–H groups in total. The van der Waals surface area contributed by atoms with E-state index in [0.717, 1.165) is 43.2 Å². The number of fused-ring (bicyclic) bond motifs is 1. The van der Waals surface area contributed by atoms with Gasteiger partial charge in [0.15, 0.2) is 5.13 Å². The molecule has 0 amide bonds. The number of nitrogens with two attached hydrogens (primary N) is 1. The molecule has 2 unspecified atom stereocenters. The molecule has 0 bridgehead atoms. The quantitative estimate of drug-likeness (QED) is 0.872. The molecular weight excluding hydrogens is 258 g/mol. The van der Waals surface area contributed by atoms with Gasteiger partial charge >= 0.3 is 0 Å². The van der Waals surface area contributed by atoms with Crippen LogP contribution in [0.3, 0.4) is 0 Å². The van der Waals surface area contributed by atoms with E-state index < -0.39 is 0 Å². The molecule has 19 heavy (non-hydrogen) atoms. The van der Waals surface area contributed by atoms with E-state index in [2.05, 4.69) is 18.7 Å². The Morgan fingerprint density at radius 3 is 3.00 bits per heavy atom. The molecule has 1 aliphatic rings. The van der Waals surface area contributed by atoms with Gasteiger partial charge in [-0.2, -0.15) is 0 Å². The van der Waals surface area contributed by atoms with Crippen molar-refractivity contribution in [3.63, 3.8) is 0 Å². The molecule has 0 aliphatic heterocycles. The molecule has 5 heteroatoms. The lowest BCUT2D eigenvalue weighted by Gasteiger charge is -2.27. The number of anilines is 1. The number of rotatable bonds is 6. The predicted molar refractivity (Wildman–Crippen MR) is 81.0 cm³/mol. The summed E-state index contributed by atoms with van der Waals surface area (Å²) in [6.45, 7) is 6.09. The van der Waals surface area contributed by atoms with Crippen molar-refractivity contribution in [2.75, 3.05) is 25.2 Å². The van der Waals surface area contributed by atoms with E-state index in [1.807, 2.05) is 11.3 Å². The van der Waals surface area contributed by atoms with Gasteiger partial charge in [-0.05, 0) is 32.6 Å². The SMILES string of the molecule is CCC(C)N(CCOC)c1nc2c(s1)CCCC2N. The van der Waals surface area contributed by atoms with Crippen LogP contribution in [0.2, 0.25) is 0 Å². The first-order valence-electron chi connectivity index (χ1n) is 7.18. The van der Waals surface area contributed by atoms with E-state index >= 15 is 0 Å². The third kappa shape index (κ3) is 3.27. The smallest absolute Gasteiger partial charge is 0.186 e. The largest absolute Gasteiger partial charge is 0.383 e. The monoisotopic (exact) mass is 283 g/mol. The lowest BCUT2D eigenvalue weighted by molar-refractivity contribution is 0.203. The Hall–Kier alpha value is -0.650. The molecule has 1 aromatic rings. The Labute approximate surface area is 120 Å². The van der Waals surface area contributed by atoms with E-state index in [4.69, 9.17) is 15.5 Å². The summed E-state index contributed by atoms with van der Waals surface area (Å²) in [6, 6.07) is 0.619. The van der Waals surface area contributed by atoms with Crippen molar-refractivity contribution in [1.29, 1.82) is 0 Å². The lowest BCUT2D eigenvalue weighted by Crippen LogP contribution is -2.35. The van der Waals surface area contributed by atoms with E-state index in [1.165, 1.54) is 11.3 Å². The number of methoxy groups -OCH3 is 1. The van der Waals surface area contributed by atoms with E-state index in [1.54, 1.807) is 7.11 Å². The molecular formula is C14H25N3OS. The van der Waals surface area contributed by atoms with Gasteiger partial charge in [0.1, 0.15) is 0 Å². The van der Waals surface area contributed by atoms with Gasteiger partial charge in [0.05, 0.1) is 12.3 Å². The van der Waals surface area contributed by atoms with Crippen LogP contribution in [0, 0.1) is 0 Å². The highest BCUT2D eigenvalue weighted by Gasteiger charge is 2.25. The second-order valence-corrected chi connectivity index (χ2v) is 6.31. The van der Waals surface area contributed by atoms with Gasteiger partial charge in [-0.15, -0.1) is 11.3 Å². The average Bonchev–Trinajstić information content (AvgIpc) is 2.84. The normalized spacial score (nSPS) is 20.1. The van der Waals surface area contributed by atoms with Gasteiger partial charge in [-0.25, -0.2) is 4.98 Å². The van der Waals surface area contributed by atoms with Gasteiger partial charge < -0.3 is 15.4 Å². The Kier molecular flexibility index (Phi) is 5.19. The van der Waals surface area contributed by atoms with Crippen molar-refractivity contribution in [2.45, 2.75) is 51.6 Å². The minimum atomic E-state index is 0.134. The van der Waals surface area contributed by atoms with Gasteiger partial charge in [0, 0.05) is 30.6 Å². The maximum atomic E-state index is 6.17. The Balaban J connectivity index is 2.21. The van der Waals surface area contributed by atoms with Crippen molar-refractivity contribution in [3.8, 4) is 0 Å². The first-order chi connectivity index (χ1) is 9.17. The molecule has 0 spiro atoms. The maximum Gasteiger partial charge on any atom is 0.186 e. The van der Waals surface area contributed by atoms with Gasteiger partial charge in [0.25, 0.3) is 0 Å². The fraction of sp³-hybridized carbons (Fsp3) is 0.786. The highest BCUT2D eigenvalue weighted by atomic mass is 32.1. The number of nitrogens with zero attached hydrogens (tertiary/aromatic N) is 2. The Morgan fingerprint density at radius 1 is 1.58 bits per heavy atom. The van der Waals surface area contributed by atoms with Crippen LogP contribution in [0.1, 0.15) is 49.7 Å². The number of hydrogen-bond donors (Lipinski definition) is 1. The number of hydrogen-bond acceptors (Lipinski definition) is 5. The third-order valence-corrected chi connectivity index (χ3v) is 5.06. The molecule has 0 fully saturated rings. The van der Waals surface area contributed by atoms with Crippen LogP contribution in [0.25, 0.3) is 0 Å². The van der Waals surface area contributed by atoms with Crippen molar-refractivity contribution in [3.05, 3.63) is 10.6 Å². The van der Waals surface area contributed by atoms with Gasteiger partial charge in [-0.3, -0.25) is 0 Å². The van der Waals surface area contributed by atoms with E-state index in [-0.39, 0.29) is 6.04 Å². The zero-order valence-electron chi connectivity index (χ0n) is 12.2. The average molecular weight is 283 g/mol. The number of thiazole rings is 1. The Bertz CT molecular complexity index is 407. The van der Waals surface area contributed by atoms with Crippen molar-refractivity contribution >= 4 is 16.5 Å². The van der Waals surface area contributed by atoms with Crippen LogP contribution >= 0.6 is 11.3 Å². The first kappa shape index (κ1) is 14.8. The summed E-state index contributed by atoms with van der Waals surface area (Å²) >= 11 is 1.82. The van der Waals surface area contributed by atoms with Crippen LogP contribution in [0.15, 0.2) is 0 Å². The van der Waals surface area contributed by atoms with Gasteiger partial charge in [-0.1, -0.05) is 6.92 Å². The molecule has 1 heterocycles. The van der Waals surface area contributed by atoms with E-state index in [0.29, 0.717) is 6.04 Å². The zero-order valence-corrected chi connectivity index (χ0v) is 13.0. The molecule has 4 nitrogen and oxygen atoms in total. The fourth-order valence-corrected chi connectivity index (χ4v) is 3.78. The maximum absolute atomic E-state index is 6.17.